The molecule has 1 aliphatic heterocycles. The Morgan fingerprint density at radius 2 is 2.25 bits per heavy atom. The Hall–Kier alpha value is -0.620. The van der Waals surface area contributed by atoms with E-state index in [-0.39, 0.29) is 18.2 Å². The third-order valence-corrected chi connectivity index (χ3v) is 4.82. The minimum absolute atomic E-state index is 0.198. The minimum atomic E-state index is -2.05. The largest absolute Gasteiger partial charge is 0.387 e. The van der Waals surface area contributed by atoms with Crippen LogP contribution in [0.4, 0.5) is 0 Å². The molecule has 0 spiro atoms. The maximum Gasteiger partial charge on any atom is 0.228 e. The maximum absolute atomic E-state index is 12.0. The molecular formula is C14H22ClNO4. The summed E-state index contributed by atoms with van der Waals surface area (Å²) >= 11 is 5.65. The van der Waals surface area contributed by atoms with Crippen LogP contribution in [-0.2, 0) is 4.79 Å². The number of aliphatic hydroxyl groups is 3. The van der Waals surface area contributed by atoms with Crippen LogP contribution >= 0.6 is 11.6 Å². The summed E-state index contributed by atoms with van der Waals surface area (Å²) in [4.78, 5) is 12.0. The number of aliphatic hydroxyl groups excluding tert-OH is 1. The number of amides is 1. The highest BCUT2D eigenvalue weighted by Gasteiger charge is 2.64. The van der Waals surface area contributed by atoms with Gasteiger partial charge in [0, 0.05) is 11.8 Å². The molecular weight excluding hydrogens is 282 g/mol. The minimum Gasteiger partial charge on any atom is -0.387 e. The highest BCUT2D eigenvalue weighted by molar-refractivity contribution is 6.18. The topological polar surface area (TPSA) is 89.8 Å². The van der Waals surface area contributed by atoms with Crippen molar-refractivity contribution in [1.82, 2.24) is 5.32 Å². The molecule has 5 atom stereocenters. The molecule has 5 nitrogen and oxygen atoms in total. The quantitative estimate of drug-likeness (QED) is 0.450. The number of carbonyl (C=O) groups excluding carboxylic acids is 1. The average Bonchev–Trinajstić information content (AvgIpc) is 2.60. The predicted octanol–water partition coefficient (Wildman–Crippen LogP) is 0.518. The monoisotopic (exact) mass is 303 g/mol. The number of alkyl halides is 1. The first kappa shape index (κ1) is 15.8. The summed E-state index contributed by atoms with van der Waals surface area (Å²) in [5.74, 6) is -1.39. The Morgan fingerprint density at radius 1 is 1.55 bits per heavy atom. The molecule has 0 aromatic carbocycles. The van der Waals surface area contributed by atoms with Crippen LogP contribution in [0.5, 0.6) is 0 Å². The molecule has 2 aliphatic rings. The van der Waals surface area contributed by atoms with E-state index in [1.165, 1.54) is 6.92 Å². The standard InChI is InChI=1S/C14H22ClNO4/c1-13(19)10(7-8-15)12(18)16-14(13,20)11(17)9-5-3-2-4-6-9/h3,5,9-11,17,19-20H,2,4,6-8H2,1H3,(H,16,18)/t9-,10+,11?,13+,14?/m1/s1. The molecule has 1 fully saturated rings. The van der Waals surface area contributed by atoms with Gasteiger partial charge >= 0.3 is 0 Å². The van der Waals surface area contributed by atoms with Crippen LogP contribution in [0.25, 0.3) is 0 Å². The molecule has 0 radical (unpaired) electrons. The second-order valence-corrected chi connectivity index (χ2v) is 6.28. The van der Waals surface area contributed by atoms with Gasteiger partial charge in [0.1, 0.15) is 11.7 Å². The van der Waals surface area contributed by atoms with Crippen LogP contribution in [0, 0.1) is 11.8 Å². The molecule has 1 saturated heterocycles. The number of hydrogen-bond acceptors (Lipinski definition) is 4. The smallest absolute Gasteiger partial charge is 0.228 e. The zero-order valence-electron chi connectivity index (χ0n) is 11.6. The maximum atomic E-state index is 12.0. The van der Waals surface area contributed by atoms with E-state index in [2.05, 4.69) is 5.32 Å². The number of halogens is 1. The first-order chi connectivity index (χ1) is 9.34. The van der Waals surface area contributed by atoms with Gasteiger partial charge in [0.05, 0.1) is 5.92 Å². The lowest BCUT2D eigenvalue weighted by Gasteiger charge is -2.42. The van der Waals surface area contributed by atoms with Crippen molar-refractivity contribution in [3.05, 3.63) is 12.2 Å². The van der Waals surface area contributed by atoms with Crippen LogP contribution in [0.2, 0.25) is 0 Å². The van der Waals surface area contributed by atoms with Crippen molar-refractivity contribution < 1.29 is 20.1 Å². The first-order valence-corrected chi connectivity index (χ1v) is 7.55. The van der Waals surface area contributed by atoms with Gasteiger partial charge in [0.25, 0.3) is 0 Å². The van der Waals surface area contributed by atoms with Crippen LogP contribution in [0.3, 0.4) is 0 Å². The molecule has 0 bridgehead atoms. The van der Waals surface area contributed by atoms with Crippen LogP contribution in [-0.4, -0.2) is 44.5 Å². The van der Waals surface area contributed by atoms with Crippen molar-refractivity contribution in [3.63, 3.8) is 0 Å². The molecule has 20 heavy (non-hydrogen) atoms. The lowest BCUT2D eigenvalue weighted by atomic mass is 9.75. The lowest BCUT2D eigenvalue weighted by Crippen LogP contribution is -2.65. The van der Waals surface area contributed by atoms with Gasteiger partial charge < -0.3 is 20.6 Å². The third-order valence-electron chi connectivity index (χ3n) is 4.60. The fourth-order valence-electron chi connectivity index (χ4n) is 3.23. The van der Waals surface area contributed by atoms with Gasteiger partial charge in [-0.05, 0) is 32.6 Å². The average molecular weight is 304 g/mol. The Kier molecular flexibility index (Phi) is 4.44. The number of rotatable bonds is 4. The molecule has 4 N–H and O–H groups in total. The Labute approximate surface area is 123 Å². The van der Waals surface area contributed by atoms with Gasteiger partial charge in [-0.2, -0.15) is 0 Å². The Balaban J connectivity index is 2.26. The second-order valence-electron chi connectivity index (χ2n) is 5.90. The molecule has 2 unspecified atom stereocenters. The molecule has 6 heteroatoms. The number of allylic oxidation sites excluding steroid dienone is 1. The zero-order valence-corrected chi connectivity index (χ0v) is 12.3. The van der Waals surface area contributed by atoms with E-state index in [9.17, 15) is 20.1 Å². The highest BCUT2D eigenvalue weighted by atomic mass is 35.5. The summed E-state index contributed by atoms with van der Waals surface area (Å²) in [6.45, 7) is 1.37. The van der Waals surface area contributed by atoms with Crippen LogP contribution in [0.15, 0.2) is 12.2 Å². The molecule has 1 amide bonds. The number of hydrogen-bond donors (Lipinski definition) is 4. The highest BCUT2D eigenvalue weighted by Crippen LogP contribution is 2.41. The van der Waals surface area contributed by atoms with E-state index in [0.717, 1.165) is 12.8 Å². The summed E-state index contributed by atoms with van der Waals surface area (Å²) in [5, 5.41) is 34.1. The fraction of sp³-hybridized carbons (Fsp3) is 0.786. The van der Waals surface area contributed by atoms with Crippen molar-refractivity contribution >= 4 is 17.5 Å². The van der Waals surface area contributed by atoms with Gasteiger partial charge in [0.2, 0.25) is 5.91 Å². The fourth-order valence-corrected chi connectivity index (χ4v) is 3.45. The molecule has 0 saturated carbocycles. The SMILES string of the molecule is C[C@]1(O)[C@@H](CCCl)C(=O)NC1(O)C(O)[C@@H]1C=CCCC1. The van der Waals surface area contributed by atoms with E-state index < -0.39 is 29.3 Å². The normalized spacial score (nSPS) is 42.5. The molecule has 1 aliphatic carbocycles. The number of carbonyl (C=O) groups is 1. The Bertz CT molecular complexity index is 412. The van der Waals surface area contributed by atoms with Gasteiger partial charge in [-0.3, -0.25) is 4.79 Å². The number of nitrogens with one attached hydrogen (secondary N) is 1. The Morgan fingerprint density at radius 3 is 2.80 bits per heavy atom. The molecule has 2 rings (SSSR count). The molecule has 0 aromatic rings. The summed E-state index contributed by atoms with van der Waals surface area (Å²) < 4.78 is 0. The molecule has 0 aromatic heterocycles. The zero-order chi connectivity index (χ0) is 15.0. The lowest BCUT2D eigenvalue weighted by molar-refractivity contribution is -0.209. The third kappa shape index (κ3) is 2.37. The predicted molar refractivity (Wildman–Crippen MR) is 75.0 cm³/mol. The summed E-state index contributed by atoms with van der Waals surface area (Å²) in [6.07, 6.45) is 5.35. The molecule has 114 valence electrons. The van der Waals surface area contributed by atoms with Crippen molar-refractivity contribution in [1.29, 1.82) is 0 Å². The van der Waals surface area contributed by atoms with Gasteiger partial charge in [-0.15, -0.1) is 11.6 Å². The van der Waals surface area contributed by atoms with Gasteiger partial charge in [-0.1, -0.05) is 12.2 Å². The first-order valence-electron chi connectivity index (χ1n) is 7.02. The van der Waals surface area contributed by atoms with E-state index in [1.807, 2.05) is 12.2 Å². The second kappa shape index (κ2) is 5.64. The van der Waals surface area contributed by atoms with Crippen molar-refractivity contribution in [2.24, 2.45) is 11.8 Å². The summed E-state index contributed by atoms with van der Waals surface area (Å²) in [6, 6.07) is 0. The van der Waals surface area contributed by atoms with Gasteiger partial charge in [-0.25, -0.2) is 0 Å². The van der Waals surface area contributed by atoms with Crippen molar-refractivity contribution in [2.45, 2.75) is 50.0 Å². The summed E-state index contributed by atoms with van der Waals surface area (Å²) in [5.41, 5.74) is -3.81. The van der Waals surface area contributed by atoms with E-state index in [0.29, 0.717) is 6.42 Å². The van der Waals surface area contributed by atoms with E-state index in [1.54, 1.807) is 0 Å². The van der Waals surface area contributed by atoms with E-state index in [4.69, 9.17) is 11.6 Å². The van der Waals surface area contributed by atoms with E-state index >= 15 is 0 Å². The van der Waals surface area contributed by atoms with Crippen LogP contribution < -0.4 is 5.32 Å². The summed E-state index contributed by atoms with van der Waals surface area (Å²) in [7, 11) is 0. The van der Waals surface area contributed by atoms with Crippen molar-refractivity contribution in [3.8, 4) is 0 Å². The van der Waals surface area contributed by atoms with Crippen molar-refractivity contribution in [2.75, 3.05) is 5.88 Å². The van der Waals surface area contributed by atoms with Crippen LogP contribution in [0.1, 0.15) is 32.6 Å². The molecule has 1 heterocycles. The van der Waals surface area contributed by atoms with Gasteiger partial charge in [0.15, 0.2) is 5.72 Å².